The van der Waals surface area contributed by atoms with Crippen molar-refractivity contribution in [3.8, 4) is 0 Å². The third-order valence-electron chi connectivity index (χ3n) is 3.58. The molecule has 3 rings (SSSR count). The lowest BCUT2D eigenvalue weighted by Crippen LogP contribution is -2.25. The van der Waals surface area contributed by atoms with E-state index in [9.17, 15) is 8.42 Å². The first kappa shape index (κ1) is 14.6. The lowest BCUT2D eigenvalue weighted by molar-refractivity contribution is 0.431. The largest absolute Gasteiger partial charge is 0.271 e. The van der Waals surface area contributed by atoms with Gasteiger partial charge < -0.3 is 0 Å². The molecule has 0 amide bonds. The average Bonchev–Trinajstić information content (AvgIpc) is 3.12. The van der Waals surface area contributed by atoms with E-state index in [1.165, 1.54) is 10.5 Å². The zero-order valence-electron chi connectivity index (χ0n) is 11.4. The van der Waals surface area contributed by atoms with Crippen molar-refractivity contribution in [2.24, 2.45) is 0 Å². The van der Waals surface area contributed by atoms with Crippen LogP contribution in [0.25, 0.3) is 0 Å². The van der Waals surface area contributed by atoms with Gasteiger partial charge >= 0.3 is 0 Å². The number of aromatic nitrogens is 2. The molecule has 0 fully saturated rings. The van der Waals surface area contributed by atoms with E-state index in [1.54, 1.807) is 10.9 Å². The number of benzene rings is 1. The summed E-state index contributed by atoms with van der Waals surface area (Å²) in [5.41, 5.74) is 2.13. The molecule has 1 aliphatic rings. The fourth-order valence-corrected chi connectivity index (χ4v) is 3.91. The molecule has 0 aliphatic carbocycles. The summed E-state index contributed by atoms with van der Waals surface area (Å²) in [6.45, 7) is 1.47. The van der Waals surface area contributed by atoms with Gasteiger partial charge in [0.2, 0.25) is 10.0 Å². The Hall–Kier alpha value is -1.37. The predicted octanol–water partition coefficient (Wildman–Crippen LogP) is 2.22. The van der Waals surface area contributed by atoms with Gasteiger partial charge in [-0.15, -0.1) is 11.6 Å². The minimum atomic E-state index is -3.49. The van der Waals surface area contributed by atoms with Crippen LogP contribution in [0.4, 0.5) is 0 Å². The molecule has 0 N–H and O–H groups in total. The number of fused-ring (bicyclic) bond motifs is 1. The van der Waals surface area contributed by atoms with E-state index < -0.39 is 10.0 Å². The summed E-state index contributed by atoms with van der Waals surface area (Å²) >= 11 is 5.64. The topological polar surface area (TPSA) is 55.2 Å². The number of hydrogen-bond donors (Lipinski definition) is 0. The van der Waals surface area contributed by atoms with Gasteiger partial charge in [0.05, 0.1) is 6.20 Å². The Morgan fingerprint density at radius 3 is 2.48 bits per heavy atom. The molecule has 0 unspecified atom stereocenters. The number of halogens is 1. The predicted molar refractivity (Wildman–Crippen MR) is 80.4 cm³/mol. The molecule has 2 heterocycles. The number of sulfonamides is 1. The van der Waals surface area contributed by atoms with Gasteiger partial charge in [0, 0.05) is 31.7 Å². The van der Waals surface area contributed by atoms with Gasteiger partial charge in [-0.2, -0.15) is 9.40 Å². The van der Waals surface area contributed by atoms with Gasteiger partial charge in [-0.3, -0.25) is 4.68 Å². The molecule has 112 valence electrons. The van der Waals surface area contributed by atoms with Crippen molar-refractivity contribution in [3.05, 3.63) is 47.8 Å². The van der Waals surface area contributed by atoms with Gasteiger partial charge in [0.15, 0.2) is 0 Å². The maximum Gasteiger partial charge on any atom is 0.246 e. The van der Waals surface area contributed by atoms with E-state index in [0.29, 0.717) is 25.5 Å². The molecule has 0 saturated heterocycles. The van der Waals surface area contributed by atoms with Crippen LogP contribution >= 0.6 is 11.6 Å². The van der Waals surface area contributed by atoms with Gasteiger partial charge in [-0.25, -0.2) is 8.42 Å². The van der Waals surface area contributed by atoms with Crippen LogP contribution in [0.1, 0.15) is 17.5 Å². The lowest BCUT2D eigenvalue weighted by Gasteiger charge is -2.13. The van der Waals surface area contributed by atoms with Crippen molar-refractivity contribution < 1.29 is 8.42 Å². The highest BCUT2D eigenvalue weighted by molar-refractivity contribution is 7.89. The molecule has 21 heavy (non-hydrogen) atoms. The van der Waals surface area contributed by atoms with Crippen molar-refractivity contribution >= 4 is 21.6 Å². The molecule has 5 nitrogen and oxygen atoms in total. The van der Waals surface area contributed by atoms with Crippen molar-refractivity contribution in [1.82, 2.24) is 14.1 Å². The number of alkyl halides is 1. The minimum Gasteiger partial charge on any atom is -0.271 e. The molecule has 0 spiro atoms. The molecule has 0 atom stereocenters. The summed E-state index contributed by atoms with van der Waals surface area (Å²) in [4.78, 5) is 0.241. The normalized spacial score (nSPS) is 15.3. The second-order valence-electron chi connectivity index (χ2n) is 5.02. The maximum atomic E-state index is 12.6. The van der Waals surface area contributed by atoms with Gasteiger partial charge in [-0.05, 0) is 17.5 Å². The Balaban J connectivity index is 1.80. The Bertz CT molecular complexity index is 717. The maximum absolute atomic E-state index is 12.6. The standard InChI is InChI=1S/C14H16ClN3O2S/c15-6-3-7-17-11-14(8-16-17)21(19,20)18-9-12-4-1-2-5-13(12)10-18/h1-2,4-5,8,11H,3,6-7,9-10H2. The first-order valence-electron chi connectivity index (χ1n) is 6.76. The van der Waals surface area contributed by atoms with Crippen molar-refractivity contribution in [2.45, 2.75) is 31.0 Å². The first-order chi connectivity index (χ1) is 10.1. The van der Waals surface area contributed by atoms with Crippen LogP contribution in [0, 0.1) is 0 Å². The molecule has 0 saturated carbocycles. The SMILES string of the molecule is O=S(=O)(c1cnn(CCCCl)c1)N1Cc2ccccc2C1. The zero-order valence-corrected chi connectivity index (χ0v) is 13.0. The van der Waals surface area contributed by atoms with E-state index in [-0.39, 0.29) is 4.90 Å². The van der Waals surface area contributed by atoms with Crippen molar-refractivity contribution in [2.75, 3.05) is 5.88 Å². The summed E-state index contributed by atoms with van der Waals surface area (Å²) < 4.78 is 28.4. The Morgan fingerprint density at radius 2 is 1.86 bits per heavy atom. The smallest absolute Gasteiger partial charge is 0.246 e. The van der Waals surface area contributed by atoms with Crippen LogP contribution in [0.15, 0.2) is 41.6 Å². The van der Waals surface area contributed by atoms with Crippen LogP contribution in [0.5, 0.6) is 0 Å². The molecule has 0 radical (unpaired) electrons. The third-order valence-corrected chi connectivity index (χ3v) is 5.59. The molecule has 1 aromatic heterocycles. The lowest BCUT2D eigenvalue weighted by atomic mass is 10.1. The Morgan fingerprint density at radius 1 is 1.19 bits per heavy atom. The quantitative estimate of drug-likeness (QED) is 0.792. The number of nitrogens with zero attached hydrogens (tertiary/aromatic N) is 3. The highest BCUT2D eigenvalue weighted by atomic mass is 35.5. The summed E-state index contributed by atoms with van der Waals surface area (Å²) in [7, 11) is -3.49. The number of aryl methyl sites for hydroxylation is 1. The molecule has 0 bridgehead atoms. The number of rotatable bonds is 5. The Labute approximate surface area is 129 Å². The zero-order chi connectivity index (χ0) is 14.9. The molecule has 2 aromatic rings. The van der Waals surface area contributed by atoms with Gasteiger partial charge in [-0.1, -0.05) is 24.3 Å². The van der Waals surface area contributed by atoms with Crippen LogP contribution in [-0.4, -0.2) is 28.4 Å². The molecule has 7 heteroatoms. The first-order valence-corrected chi connectivity index (χ1v) is 8.74. The molecule has 1 aromatic carbocycles. The summed E-state index contributed by atoms with van der Waals surface area (Å²) in [6, 6.07) is 7.79. The van der Waals surface area contributed by atoms with Crippen molar-refractivity contribution in [3.63, 3.8) is 0 Å². The molecular formula is C14H16ClN3O2S. The van der Waals surface area contributed by atoms with Crippen LogP contribution in [-0.2, 0) is 29.7 Å². The Kier molecular flexibility index (Phi) is 4.01. The van der Waals surface area contributed by atoms with E-state index >= 15 is 0 Å². The summed E-state index contributed by atoms with van der Waals surface area (Å²) in [5.74, 6) is 0.531. The van der Waals surface area contributed by atoms with Crippen LogP contribution in [0.3, 0.4) is 0 Å². The highest BCUT2D eigenvalue weighted by Gasteiger charge is 2.31. The molecule has 1 aliphatic heterocycles. The van der Waals surface area contributed by atoms with Gasteiger partial charge in [0.25, 0.3) is 0 Å². The third kappa shape index (κ3) is 2.84. The fraction of sp³-hybridized carbons (Fsp3) is 0.357. The average molecular weight is 326 g/mol. The highest BCUT2D eigenvalue weighted by Crippen LogP contribution is 2.28. The van der Waals surface area contributed by atoms with Crippen LogP contribution < -0.4 is 0 Å². The second-order valence-corrected chi connectivity index (χ2v) is 7.34. The second kappa shape index (κ2) is 5.79. The number of hydrogen-bond acceptors (Lipinski definition) is 3. The van der Waals surface area contributed by atoms with Crippen LogP contribution in [0.2, 0.25) is 0 Å². The fourth-order valence-electron chi connectivity index (χ4n) is 2.44. The van der Waals surface area contributed by atoms with E-state index in [4.69, 9.17) is 11.6 Å². The minimum absolute atomic E-state index is 0.241. The van der Waals surface area contributed by atoms with E-state index in [2.05, 4.69) is 5.10 Å². The summed E-state index contributed by atoms with van der Waals surface area (Å²) in [6.07, 6.45) is 3.75. The van der Waals surface area contributed by atoms with E-state index in [0.717, 1.165) is 17.5 Å². The van der Waals surface area contributed by atoms with E-state index in [1.807, 2.05) is 24.3 Å². The monoisotopic (exact) mass is 325 g/mol. The summed E-state index contributed by atoms with van der Waals surface area (Å²) in [5, 5.41) is 4.09. The van der Waals surface area contributed by atoms with Gasteiger partial charge in [0.1, 0.15) is 4.90 Å². The molecular weight excluding hydrogens is 310 g/mol. The van der Waals surface area contributed by atoms with Crippen molar-refractivity contribution in [1.29, 1.82) is 0 Å².